The Hall–Kier alpha value is -2.16. The molecule has 1 N–H and O–H groups in total. The van der Waals surface area contributed by atoms with Crippen LogP contribution in [0.15, 0.2) is 36.4 Å². The quantitative estimate of drug-likeness (QED) is 0.934. The minimum absolute atomic E-state index is 0.137. The standard InChI is InChI=1S/C19H23NO2/c1-4-20-12-17(10-15-9-13(2)5-6-14(15)3)22-19-8-7-16(21)11-18(19)20/h5-9,11,17,21H,4,10,12H2,1-3H3. The molecule has 3 nitrogen and oxygen atoms in total. The van der Waals surface area contributed by atoms with Crippen molar-refractivity contribution < 1.29 is 9.84 Å². The molecule has 0 aromatic heterocycles. The van der Waals surface area contributed by atoms with Gasteiger partial charge in [0.15, 0.2) is 0 Å². The maximum atomic E-state index is 9.69. The van der Waals surface area contributed by atoms with Crippen molar-refractivity contribution in [3.63, 3.8) is 0 Å². The molecule has 3 heteroatoms. The molecule has 0 radical (unpaired) electrons. The predicted octanol–water partition coefficient (Wildman–Crippen LogP) is 3.84. The zero-order chi connectivity index (χ0) is 15.7. The van der Waals surface area contributed by atoms with Crippen molar-refractivity contribution in [2.24, 2.45) is 0 Å². The van der Waals surface area contributed by atoms with Gasteiger partial charge in [0.05, 0.1) is 12.2 Å². The van der Waals surface area contributed by atoms with Crippen LogP contribution in [0.3, 0.4) is 0 Å². The first kappa shape index (κ1) is 14.8. The molecule has 0 saturated carbocycles. The highest BCUT2D eigenvalue weighted by Crippen LogP contribution is 2.36. The van der Waals surface area contributed by atoms with Crippen LogP contribution in [0.2, 0.25) is 0 Å². The number of benzene rings is 2. The molecule has 0 spiro atoms. The largest absolute Gasteiger partial charge is 0.508 e. The fourth-order valence-corrected chi connectivity index (χ4v) is 3.08. The lowest BCUT2D eigenvalue weighted by molar-refractivity contribution is 0.193. The van der Waals surface area contributed by atoms with Gasteiger partial charge in [-0.15, -0.1) is 0 Å². The normalized spacial score (nSPS) is 17.0. The molecule has 1 atom stereocenters. The minimum Gasteiger partial charge on any atom is -0.508 e. The lowest BCUT2D eigenvalue weighted by Crippen LogP contribution is -2.41. The van der Waals surface area contributed by atoms with Gasteiger partial charge in [-0.05, 0) is 44.0 Å². The summed E-state index contributed by atoms with van der Waals surface area (Å²) in [6.07, 6.45) is 1.04. The molecule has 0 saturated heterocycles. The van der Waals surface area contributed by atoms with E-state index in [2.05, 4.69) is 43.9 Å². The monoisotopic (exact) mass is 297 g/mol. The second-order valence-electron chi connectivity index (χ2n) is 6.06. The first-order chi connectivity index (χ1) is 10.6. The van der Waals surface area contributed by atoms with Crippen molar-refractivity contribution in [3.8, 4) is 11.5 Å². The highest BCUT2D eigenvalue weighted by molar-refractivity contribution is 5.63. The predicted molar refractivity (Wildman–Crippen MR) is 90.0 cm³/mol. The Bertz CT molecular complexity index is 681. The van der Waals surface area contributed by atoms with Gasteiger partial charge in [0, 0.05) is 19.0 Å². The Kier molecular flexibility index (Phi) is 3.97. The van der Waals surface area contributed by atoms with E-state index in [0.717, 1.165) is 30.9 Å². The van der Waals surface area contributed by atoms with Gasteiger partial charge >= 0.3 is 0 Å². The fraction of sp³-hybridized carbons (Fsp3) is 0.368. The highest BCUT2D eigenvalue weighted by Gasteiger charge is 2.25. The maximum absolute atomic E-state index is 9.69. The second-order valence-corrected chi connectivity index (χ2v) is 6.06. The molecular formula is C19H23NO2. The van der Waals surface area contributed by atoms with Crippen LogP contribution < -0.4 is 9.64 Å². The van der Waals surface area contributed by atoms with Gasteiger partial charge in [0.25, 0.3) is 0 Å². The molecule has 116 valence electrons. The number of aromatic hydroxyl groups is 1. The zero-order valence-corrected chi connectivity index (χ0v) is 13.5. The second kappa shape index (κ2) is 5.91. The van der Waals surface area contributed by atoms with Crippen LogP contribution in [0, 0.1) is 13.8 Å². The van der Waals surface area contributed by atoms with Gasteiger partial charge in [-0.25, -0.2) is 0 Å². The van der Waals surface area contributed by atoms with Crippen LogP contribution in [0.5, 0.6) is 11.5 Å². The van der Waals surface area contributed by atoms with Crippen molar-refractivity contribution in [1.29, 1.82) is 0 Å². The van der Waals surface area contributed by atoms with E-state index in [1.807, 2.05) is 6.07 Å². The number of likely N-dealkylation sites (N-methyl/N-ethyl adjacent to an activating group) is 1. The molecule has 2 aromatic carbocycles. The molecule has 1 aliphatic rings. The molecule has 1 heterocycles. The SMILES string of the molecule is CCN1CC(Cc2cc(C)ccc2C)Oc2ccc(O)cc21. The molecule has 1 unspecified atom stereocenters. The van der Waals surface area contributed by atoms with Crippen molar-refractivity contribution in [1.82, 2.24) is 0 Å². The minimum atomic E-state index is 0.137. The van der Waals surface area contributed by atoms with Crippen LogP contribution in [0.4, 0.5) is 5.69 Å². The summed E-state index contributed by atoms with van der Waals surface area (Å²) in [5.41, 5.74) is 4.94. The van der Waals surface area contributed by atoms with Crippen molar-refractivity contribution >= 4 is 5.69 Å². The molecule has 22 heavy (non-hydrogen) atoms. The molecule has 0 amide bonds. The summed E-state index contributed by atoms with van der Waals surface area (Å²) < 4.78 is 6.17. The van der Waals surface area contributed by atoms with E-state index in [1.165, 1.54) is 16.7 Å². The third kappa shape index (κ3) is 2.89. The van der Waals surface area contributed by atoms with Gasteiger partial charge in [-0.3, -0.25) is 0 Å². The first-order valence-corrected chi connectivity index (χ1v) is 7.87. The van der Waals surface area contributed by atoms with Gasteiger partial charge in [-0.2, -0.15) is 0 Å². The number of rotatable bonds is 3. The van der Waals surface area contributed by atoms with E-state index in [-0.39, 0.29) is 11.9 Å². The lowest BCUT2D eigenvalue weighted by Gasteiger charge is -2.36. The number of ether oxygens (including phenoxy) is 1. The number of hydrogen-bond acceptors (Lipinski definition) is 3. The molecule has 2 aromatic rings. The van der Waals surface area contributed by atoms with E-state index >= 15 is 0 Å². The van der Waals surface area contributed by atoms with E-state index in [0.29, 0.717) is 0 Å². The van der Waals surface area contributed by atoms with E-state index < -0.39 is 0 Å². The van der Waals surface area contributed by atoms with Crippen LogP contribution in [0.25, 0.3) is 0 Å². The van der Waals surface area contributed by atoms with Gasteiger partial charge in [0.1, 0.15) is 17.6 Å². The van der Waals surface area contributed by atoms with Crippen molar-refractivity contribution in [3.05, 3.63) is 53.1 Å². The summed E-state index contributed by atoms with van der Waals surface area (Å²) in [4.78, 5) is 2.27. The summed E-state index contributed by atoms with van der Waals surface area (Å²) in [5, 5.41) is 9.69. The third-order valence-electron chi connectivity index (χ3n) is 4.33. The number of anilines is 1. The van der Waals surface area contributed by atoms with E-state index in [9.17, 15) is 5.11 Å². The summed E-state index contributed by atoms with van der Waals surface area (Å²) >= 11 is 0. The van der Waals surface area contributed by atoms with Gasteiger partial charge < -0.3 is 14.7 Å². The van der Waals surface area contributed by atoms with Crippen LogP contribution in [-0.2, 0) is 6.42 Å². The lowest BCUT2D eigenvalue weighted by atomic mass is 9.99. The Morgan fingerprint density at radius 3 is 2.77 bits per heavy atom. The fourth-order valence-electron chi connectivity index (χ4n) is 3.08. The third-order valence-corrected chi connectivity index (χ3v) is 4.33. The zero-order valence-electron chi connectivity index (χ0n) is 13.5. The molecular weight excluding hydrogens is 274 g/mol. The molecule has 3 rings (SSSR count). The number of phenols is 1. The van der Waals surface area contributed by atoms with Crippen LogP contribution >= 0.6 is 0 Å². The average molecular weight is 297 g/mol. The summed E-state index contributed by atoms with van der Waals surface area (Å²) in [7, 11) is 0. The van der Waals surface area contributed by atoms with Crippen LogP contribution in [0.1, 0.15) is 23.6 Å². The van der Waals surface area contributed by atoms with Gasteiger partial charge in [-0.1, -0.05) is 23.8 Å². The Balaban J connectivity index is 1.85. The Morgan fingerprint density at radius 1 is 1.18 bits per heavy atom. The smallest absolute Gasteiger partial charge is 0.143 e. The topological polar surface area (TPSA) is 32.7 Å². The van der Waals surface area contributed by atoms with Crippen molar-refractivity contribution in [2.75, 3.05) is 18.0 Å². The van der Waals surface area contributed by atoms with Gasteiger partial charge in [0.2, 0.25) is 0 Å². The average Bonchev–Trinajstić information content (AvgIpc) is 2.50. The molecule has 0 aliphatic carbocycles. The summed E-state index contributed by atoms with van der Waals surface area (Å²) in [6, 6.07) is 11.9. The molecule has 0 fully saturated rings. The summed E-state index contributed by atoms with van der Waals surface area (Å²) in [5.74, 6) is 1.15. The Labute approximate surface area is 132 Å². The number of nitrogens with zero attached hydrogens (tertiary/aromatic N) is 1. The molecule has 0 bridgehead atoms. The number of hydrogen-bond donors (Lipinski definition) is 1. The highest BCUT2D eigenvalue weighted by atomic mass is 16.5. The first-order valence-electron chi connectivity index (χ1n) is 7.87. The van der Waals surface area contributed by atoms with E-state index in [4.69, 9.17) is 4.74 Å². The number of aryl methyl sites for hydroxylation is 2. The Morgan fingerprint density at radius 2 is 2.00 bits per heavy atom. The van der Waals surface area contributed by atoms with E-state index in [1.54, 1.807) is 12.1 Å². The number of fused-ring (bicyclic) bond motifs is 1. The molecule has 1 aliphatic heterocycles. The van der Waals surface area contributed by atoms with Crippen LogP contribution in [-0.4, -0.2) is 24.3 Å². The summed E-state index contributed by atoms with van der Waals surface area (Å²) in [6.45, 7) is 8.17. The van der Waals surface area contributed by atoms with Crippen molar-refractivity contribution in [2.45, 2.75) is 33.3 Å². The number of phenolic OH excluding ortho intramolecular Hbond substituents is 1. The maximum Gasteiger partial charge on any atom is 0.143 e.